The van der Waals surface area contributed by atoms with Crippen LogP contribution in [0.1, 0.15) is 24.2 Å². The number of halogens is 3. The summed E-state index contributed by atoms with van der Waals surface area (Å²) in [5.74, 6) is 0.673. The lowest BCUT2D eigenvalue weighted by molar-refractivity contribution is 0.569. The molecule has 6 heteroatoms. The second kappa shape index (κ2) is 5.27. The van der Waals surface area contributed by atoms with Gasteiger partial charge in [0.15, 0.2) is 0 Å². The van der Waals surface area contributed by atoms with Crippen molar-refractivity contribution in [3.63, 3.8) is 0 Å². The second-order valence-corrected chi connectivity index (χ2v) is 5.97. The molecule has 1 heterocycles. The Morgan fingerprint density at radius 1 is 1.33 bits per heavy atom. The highest BCUT2D eigenvalue weighted by Crippen LogP contribution is 2.29. The maximum atomic E-state index is 6.04. The SMILES string of the molecule is Cc1nn(C(C)c2ccc(Cl)c(Cl)c2)c(N)c1I. The van der Waals surface area contributed by atoms with Gasteiger partial charge in [0, 0.05) is 0 Å². The van der Waals surface area contributed by atoms with Crippen LogP contribution in [0.4, 0.5) is 5.82 Å². The number of rotatable bonds is 2. The summed E-state index contributed by atoms with van der Waals surface area (Å²) in [6.07, 6.45) is 0. The normalized spacial score (nSPS) is 12.7. The third-order valence-electron chi connectivity index (χ3n) is 2.84. The van der Waals surface area contributed by atoms with Gasteiger partial charge in [-0.3, -0.25) is 0 Å². The minimum atomic E-state index is 0.0157. The first-order valence-electron chi connectivity index (χ1n) is 5.37. The summed E-state index contributed by atoms with van der Waals surface area (Å²) >= 11 is 14.1. The highest BCUT2D eigenvalue weighted by Gasteiger charge is 2.16. The van der Waals surface area contributed by atoms with E-state index in [4.69, 9.17) is 28.9 Å². The van der Waals surface area contributed by atoms with E-state index in [0.29, 0.717) is 15.9 Å². The predicted octanol–water partition coefficient (Wildman–Crippen LogP) is 4.29. The van der Waals surface area contributed by atoms with Crippen LogP contribution < -0.4 is 5.73 Å². The molecule has 0 amide bonds. The molecule has 0 saturated heterocycles. The molecule has 0 saturated carbocycles. The molecule has 1 aromatic heterocycles. The van der Waals surface area contributed by atoms with E-state index in [2.05, 4.69) is 27.7 Å². The van der Waals surface area contributed by atoms with Crippen molar-refractivity contribution in [2.75, 3.05) is 5.73 Å². The number of hydrogen-bond donors (Lipinski definition) is 1. The van der Waals surface area contributed by atoms with Crippen LogP contribution in [0.3, 0.4) is 0 Å². The van der Waals surface area contributed by atoms with Gasteiger partial charge >= 0.3 is 0 Å². The van der Waals surface area contributed by atoms with Crippen LogP contribution in [0, 0.1) is 10.5 Å². The monoisotopic (exact) mass is 395 g/mol. The number of nitrogens with zero attached hydrogens (tertiary/aromatic N) is 2. The largest absolute Gasteiger partial charge is 0.383 e. The fourth-order valence-electron chi connectivity index (χ4n) is 1.75. The van der Waals surface area contributed by atoms with E-state index in [0.717, 1.165) is 14.8 Å². The Labute approximate surface area is 129 Å². The first-order valence-corrected chi connectivity index (χ1v) is 7.20. The van der Waals surface area contributed by atoms with Crippen molar-refractivity contribution in [3.05, 3.63) is 43.1 Å². The van der Waals surface area contributed by atoms with Gasteiger partial charge < -0.3 is 5.73 Å². The maximum Gasteiger partial charge on any atom is 0.136 e. The summed E-state index contributed by atoms with van der Waals surface area (Å²) in [6, 6.07) is 5.58. The summed E-state index contributed by atoms with van der Waals surface area (Å²) in [7, 11) is 0. The summed E-state index contributed by atoms with van der Waals surface area (Å²) in [4.78, 5) is 0. The van der Waals surface area contributed by atoms with Crippen LogP contribution in [0.15, 0.2) is 18.2 Å². The second-order valence-electron chi connectivity index (χ2n) is 4.08. The van der Waals surface area contributed by atoms with E-state index < -0.39 is 0 Å². The van der Waals surface area contributed by atoms with Crippen molar-refractivity contribution >= 4 is 51.6 Å². The fourth-order valence-corrected chi connectivity index (χ4v) is 2.42. The Balaban J connectivity index is 2.44. The van der Waals surface area contributed by atoms with Crippen molar-refractivity contribution in [1.29, 1.82) is 0 Å². The molecular weight excluding hydrogens is 384 g/mol. The summed E-state index contributed by atoms with van der Waals surface area (Å²) in [5, 5.41) is 5.53. The summed E-state index contributed by atoms with van der Waals surface area (Å²) in [6.45, 7) is 3.97. The van der Waals surface area contributed by atoms with E-state index in [1.165, 1.54) is 0 Å². The van der Waals surface area contributed by atoms with E-state index in [-0.39, 0.29) is 6.04 Å². The van der Waals surface area contributed by atoms with Gasteiger partial charge in [-0.2, -0.15) is 5.10 Å². The average Bonchev–Trinajstić information content (AvgIpc) is 2.60. The van der Waals surface area contributed by atoms with Crippen molar-refractivity contribution in [1.82, 2.24) is 9.78 Å². The molecule has 1 atom stereocenters. The first-order chi connectivity index (χ1) is 8.41. The third kappa shape index (κ3) is 2.46. The molecule has 1 aromatic carbocycles. The smallest absolute Gasteiger partial charge is 0.136 e. The standard InChI is InChI=1S/C12H12Cl2IN3/c1-6-11(15)12(16)18(17-6)7(2)8-3-4-9(13)10(14)5-8/h3-5,7H,16H2,1-2H3. The summed E-state index contributed by atoms with van der Waals surface area (Å²) in [5.41, 5.74) is 8.00. The molecule has 96 valence electrons. The maximum absolute atomic E-state index is 6.04. The molecule has 0 aliphatic carbocycles. The van der Waals surface area contributed by atoms with Crippen LogP contribution in [0.25, 0.3) is 0 Å². The van der Waals surface area contributed by atoms with Gasteiger partial charge in [-0.1, -0.05) is 29.3 Å². The van der Waals surface area contributed by atoms with Crippen molar-refractivity contribution in [2.45, 2.75) is 19.9 Å². The predicted molar refractivity (Wildman–Crippen MR) is 84.4 cm³/mol. The Morgan fingerprint density at radius 3 is 2.50 bits per heavy atom. The molecule has 18 heavy (non-hydrogen) atoms. The van der Waals surface area contributed by atoms with E-state index in [1.54, 1.807) is 10.7 Å². The zero-order chi connectivity index (χ0) is 13.4. The van der Waals surface area contributed by atoms with E-state index >= 15 is 0 Å². The molecule has 2 N–H and O–H groups in total. The van der Waals surface area contributed by atoms with Gasteiger partial charge in [-0.25, -0.2) is 4.68 Å². The molecule has 1 unspecified atom stereocenters. The van der Waals surface area contributed by atoms with Gasteiger partial charge in [0.25, 0.3) is 0 Å². The Hall–Kier alpha value is -0.460. The lowest BCUT2D eigenvalue weighted by Gasteiger charge is -2.15. The van der Waals surface area contributed by atoms with Crippen LogP contribution in [-0.4, -0.2) is 9.78 Å². The molecule has 3 nitrogen and oxygen atoms in total. The fraction of sp³-hybridized carbons (Fsp3) is 0.250. The average molecular weight is 396 g/mol. The highest BCUT2D eigenvalue weighted by molar-refractivity contribution is 14.1. The molecule has 0 aliphatic rings. The lowest BCUT2D eigenvalue weighted by atomic mass is 10.1. The number of nitrogen functional groups attached to an aromatic ring is 1. The number of nitrogens with two attached hydrogens (primary N) is 1. The van der Waals surface area contributed by atoms with Gasteiger partial charge in [0.05, 0.1) is 25.4 Å². The molecule has 0 radical (unpaired) electrons. The zero-order valence-corrected chi connectivity index (χ0v) is 13.6. The Kier molecular flexibility index (Phi) is 4.08. The molecule has 0 bridgehead atoms. The van der Waals surface area contributed by atoms with Gasteiger partial charge in [0.1, 0.15) is 5.82 Å². The first kappa shape index (κ1) is 14.0. The topological polar surface area (TPSA) is 43.8 Å². The van der Waals surface area contributed by atoms with Crippen LogP contribution in [0.2, 0.25) is 10.0 Å². The minimum absolute atomic E-state index is 0.0157. The Morgan fingerprint density at radius 2 is 2.00 bits per heavy atom. The third-order valence-corrected chi connectivity index (χ3v) is 4.91. The number of anilines is 1. The number of aryl methyl sites for hydroxylation is 1. The zero-order valence-electron chi connectivity index (χ0n) is 9.92. The van der Waals surface area contributed by atoms with Crippen LogP contribution in [0.5, 0.6) is 0 Å². The number of aromatic nitrogens is 2. The minimum Gasteiger partial charge on any atom is -0.383 e. The molecule has 0 aliphatic heterocycles. The van der Waals surface area contributed by atoms with Crippen LogP contribution in [-0.2, 0) is 0 Å². The van der Waals surface area contributed by atoms with Crippen molar-refractivity contribution in [2.24, 2.45) is 0 Å². The molecule has 2 aromatic rings. The van der Waals surface area contributed by atoms with Crippen molar-refractivity contribution < 1.29 is 0 Å². The van der Waals surface area contributed by atoms with E-state index in [1.807, 2.05) is 26.0 Å². The van der Waals surface area contributed by atoms with E-state index in [9.17, 15) is 0 Å². The summed E-state index contributed by atoms with van der Waals surface area (Å²) < 4.78 is 2.79. The number of hydrogen-bond acceptors (Lipinski definition) is 2. The lowest BCUT2D eigenvalue weighted by Crippen LogP contribution is -2.11. The van der Waals surface area contributed by atoms with Gasteiger partial charge in [-0.15, -0.1) is 0 Å². The molecule has 0 fully saturated rings. The van der Waals surface area contributed by atoms with Gasteiger partial charge in [0.2, 0.25) is 0 Å². The molecular formula is C12H12Cl2IN3. The Bertz CT molecular complexity index is 595. The van der Waals surface area contributed by atoms with Crippen molar-refractivity contribution in [3.8, 4) is 0 Å². The quantitative estimate of drug-likeness (QED) is 0.770. The van der Waals surface area contributed by atoms with Gasteiger partial charge in [-0.05, 0) is 54.1 Å². The highest BCUT2D eigenvalue weighted by atomic mass is 127. The van der Waals surface area contributed by atoms with Crippen LogP contribution >= 0.6 is 45.8 Å². The number of benzene rings is 1. The molecule has 0 spiro atoms. The molecule has 2 rings (SSSR count).